The Hall–Kier alpha value is -3.24. The topological polar surface area (TPSA) is 98.5 Å². The van der Waals surface area contributed by atoms with E-state index >= 15 is 0 Å². The van der Waals surface area contributed by atoms with Crippen molar-refractivity contribution < 1.29 is 5.11 Å². The van der Waals surface area contributed by atoms with Crippen LogP contribution in [0.15, 0.2) is 42.0 Å². The number of benzene rings is 1. The third kappa shape index (κ3) is 2.13. The van der Waals surface area contributed by atoms with Crippen molar-refractivity contribution in [3.8, 4) is 33.6 Å². The second-order valence-electron chi connectivity index (χ2n) is 4.84. The summed E-state index contributed by atoms with van der Waals surface area (Å²) in [7, 11) is 0. The molecule has 0 amide bonds. The van der Waals surface area contributed by atoms with Crippen LogP contribution in [0, 0.1) is 11.3 Å². The van der Waals surface area contributed by atoms with Crippen LogP contribution in [0.3, 0.4) is 0 Å². The molecule has 110 valence electrons. The molecule has 0 fully saturated rings. The summed E-state index contributed by atoms with van der Waals surface area (Å²) in [6.45, 7) is 0. The Balaban J connectivity index is 2.09. The molecule has 2 N–H and O–H groups in total. The number of hydrogen-bond donors (Lipinski definition) is 2. The van der Waals surface area contributed by atoms with E-state index in [2.05, 4.69) is 26.2 Å². The number of aromatic hydroxyl groups is 1. The van der Waals surface area contributed by atoms with E-state index in [-0.39, 0.29) is 5.75 Å². The third-order valence-electron chi connectivity index (χ3n) is 3.50. The highest BCUT2D eigenvalue weighted by Gasteiger charge is 2.20. The fourth-order valence-corrected chi connectivity index (χ4v) is 3.18. The minimum Gasteiger partial charge on any atom is -0.508 e. The highest BCUT2D eigenvalue weighted by atomic mass is 32.1. The zero-order valence-corrected chi connectivity index (χ0v) is 12.5. The molecule has 4 aromatic rings. The van der Waals surface area contributed by atoms with E-state index in [0.717, 1.165) is 21.5 Å². The molecule has 0 saturated carbocycles. The number of fused-ring (bicyclic) bond motifs is 1. The average Bonchev–Trinajstić information content (AvgIpc) is 3.25. The van der Waals surface area contributed by atoms with Gasteiger partial charge in [-0.05, 0) is 24.3 Å². The molecule has 6 nitrogen and oxygen atoms in total. The van der Waals surface area contributed by atoms with Gasteiger partial charge in [0.15, 0.2) is 5.65 Å². The number of aromatic nitrogens is 4. The molecule has 0 aliphatic heterocycles. The molecular formula is C16H9N5OS. The van der Waals surface area contributed by atoms with Crippen molar-refractivity contribution in [3.05, 3.63) is 47.6 Å². The van der Waals surface area contributed by atoms with Gasteiger partial charge in [-0.1, -0.05) is 0 Å². The van der Waals surface area contributed by atoms with E-state index in [4.69, 9.17) is 0 Å². The summed E-state index contributed by atoms with van der Waals surface area (Å²) in [6, 6.07) is 8.84. The van der Waals surface area contributed by atoms with Crippen LogP contribution in [0.25, 0.3) is 32.9 Å². The van der Waals surface area contributed by atoms with Crippen molar-refractivity contribution in [2.45, 2.75) is 0 Å². The Bertz CT molecular complexity index is 1030. The minimum atomic E-state index is 0.162. The lowest BCUT2D eigenvalue weighted by Gasteiger charge is -2.09. The number of nitriles is 1. The van der Waals surface area contributed by atoms with Gasteiger partial charge in [0.05, 0.1) is 22.8 Å². The van der Waals surface area contributed by atoms with Gasteiger partial charge < -0.3 is 5.11 Å². The van der Waals surface area contributed by atoms with E-state index in [1.54, 1.807) is 36.7 Å². The number of pyridine rings is 1. The smallest absolute Gasteiger partial charge is 0.156 e. The zero-order valence-electron chi connectivity index (χ0n) is 11.7. The largest absolute Gasteiger partial charge is 0.508 e. The molecule has 3 aromatic heterocycles. The van der Waals surface area contributed by atoms with E-state index in [9.17, 15) is 10.4 Å². The fraction of sp³-hybridized carbons (Fsp3) is 0. The normalized spacial score (nSPS) is 10.7. The fourth-order valence-electron chi connectivity index (χ4n) is 2.47. The number of phenolic OH excluding ortho intramolecular Hbond substituents is 1. The summed E-state index contributed by atoms with van der Waals surface area (Å²) < 4.78 is 0. The number of nitrogens with one attached hydrogen (secondary N) is 1. The van der Waals surface area contributed by atoms with Crippen LogP contribution >= 0.6 is 11.3 Å². The lowest BCUT2D eigenvalue weighted by atomic mass is 10.00. The molecule has 0 aliphatic rings. The number of H-pyrrole nitrogens is 1. The Morgan fingerprint density at radius 1 is 1.22 bits per heavy atom. The molecule has 4 rings (SSSR count). The molecule has 0 unspecified atom stereocenters. The summed E-state index contributed by atoms with van der Waals surface area (Å²) in [5, 5.41) is 29.4. The van der Waals surface area contributed by atoms with Crippen LogP contribution in [0.5, 0.6) is 5.75 Å². The van der Waals surface area contributed by atoms with Gasteiger partial charge in [-0.2, -0.15) is 10.4 Å². The second-order valence-corrected chi connectivity index (χ2v) is 5.73. The van der Waals surface area contributed by atoms with Crippen LogP contribution in [-0.2, 0) is 0 Å². The van der Waals surface area contributed by atoms with Crippen LogP contribution < -0.4 is 0 Å². The number of hydrogen-bond acceptors (Lipinski definition) is 6. The molecule has 0 bridgehead atoms. The standard InChI is InChI=1S/C16H9N5OS/c17-7-11-13(16-18-5-6-23-16)12-8-19-21-15(12)20-14(11)9-1-3-10(22)4-2-9/h1-6,8,22H,(H,19,20,21). The Labute approximate surface area is 134 Å². The maximum atomic E-state index is 9.72. The molecule has 0 spiro atoms. The summed E-state index contributed by atoms with van der Waals surface area (Å²) in [5.74, 6) is 0.162. The van der Waals surface area contributed by atoms with Crippen LogP contribution in [0.4, 0.5) is 0 Å². The number of rotatable bonds is 2. The van der Waals surface area contributed by atoms with Gasteiger partial charge in [0.2, 0.25) is 0 Å². The van der Waals surface area contributed by atoms with Gasteiger partial charge in [-0.15, -0.1) is 11.3 Å². The SMILES string of the molecule is N#Cc1c(-c2ccc(O)cc2)nc2[nH]ncc2c1-c1nccs1. The van der Waals surface area contributed by atoms with Crippen molar-refractivity contribution in [3.63, 3.8) is 0 Å². The van der Waals surface area contributed by atoms with Gasteiger partial charge in [0, 0.05) is 22.7 Å². The van der Waals surface area contributed by atoms with Crippen molar-refractivity contribution >= 4 is 22.4 Å². The molecule has 3 heterocycles. The quantitative estimate of drug-likeness (QED) is 0.590. The van der Waals surface area contributed by atoms with Crippen LogP contribution in [0.2, 0.25) is 0 Å². The monoisotopic (exact) mass is 319 g/mol. The lowest BCUT2D eigenvalue weighted by molar-refractivity contribution is 0.475. The summed E-state index contributed by atoms with van der Waals surface area (Å²) in [6.07, 6.45) is 3.36. The van der Waals surface area contributed by atoms with Crippen molar-refractivity contribution in [2.75, 3.05) is 0 Å². The number of nitrogens with zero attached hydrogens (tertiary/aromatic N) is 4. The summed E-state index contributed by atoms with van der Waals surface area (Å²) >= 11 is 1.46. The molecule has 23 heavy (non-hydrogen) atoms. The zero-order chi connectivity index (χ0) is 15.8. The maximum Gasteiger partial charge on any atom is 0.156 e. The van der Waals surface area contributed by atoms with Gasteiger partial charge in [0.25, 0.3) is 0 Å². The van der Waals surface area contributed by atoms with Gasteiger partial charge in [0.1, 0.15) is 16.8 Å². The van der Waals surface area contributed by atoms with Gasteiger partial charge >= 0.3 is 0 Å². The molecule has 7 heteroatoms. The molecule has 0 atom stereocenters. The molecular weight excluding hydrogens is 310 g/mol. The maximum absolute atomic E-state index is 9.72. The van der Waals surface area contributed by atoms with E-state index in [1.165, 1.54) is 11.3 Å². The Kier molecular flexibility index (Phi) is 3.03. The van der Waals surface area contributed by atoms with Crippen LogP contribution in [-0.4, -0.2) is 25.3 Å². The lowest BCUT2D eigenvalue weighted by Crippen LogP contribution is -1.95. The first-order valence-electron chi connectivity index (χ1n) is 6.74. The van der Waals surface area contributed by atoms with Crippen molar-refractivity contribution in [1.29, 1.82) is 5.26 Å². The van der Waals surface area contributed by atoms with Crippen molar-refractivity contribution in [2.24, 2.45) is 0 Å². The highest BCUT2D eigenvalue weighted by molar-refractivity contribution is 7.13. The molecule has 0 saturated heterocycles. The Morgan fingerprint density at radius 3 is 2.74 bits per heavy atom. The van der Waals surface area contributed by atoms with E-state index in [1.807, 2.05) is 5.38 Å². The first-order chi connectivity index (χ1) is 11.3. The first kappa shape index (κ1) is 13.4. The van der Waals surface area contributed by atoms with Gasteiger partial charge in [-0.3, -0.25) is 5.10 Å². The number of aromatic amines is 1. The van der Waals surface area contributed by atoms with E-state index in [0.29, 0.717) is 16.9 Å². The number of phenols is 1. The molecule has 1 aromatic carbocycles. The predicted octanol–water partition coefficient (Wildman–Crippen LogP) is 3.33. The number of thiazole rings is 1. The second kappa shape index (κ2) is 5.19. The van der Waals surface area contributed by atoms with E-state index < -0.39 is 0 Å². The van der Waals surface area contributed by atoms with Crippen LogP contribution in [0.1, 0.15) is 5.56 Å². The van der Waals surface area contributed by atoms with Gasteiger partial charge in [-0.25, -0.2) is 9.97 Å². The first-order valence-corrected chi connectivity index (χ1v) is 7.62. The molecule has 0 aliphatic carbocycles. The summed E-state index contributed by atoms with van der Waals surface area (Å²) in [4.78, 5) is 8.86. The molecule has 0 radical (unpaired) electrons. The Morgan fingerprint density at radius 2 is 2.04 bits per heavy atom. The predicted molar refractivity (Wildman–Crippen MR) is 86.8 cm³/mol. The highest BCUT2D eigenvalue weighted by Crippen LogP contribution is 2.36. The average molecular weight is 319 g/mol. The minimum absolute atomic E-state index is 0.162. The van der Waals surface area contributed by atoms with Crippen molar-refractivity contribution in [1.82, 2.24) is 20.2 Å². The summed E-state index contributed by atoms with van der Waals surface area (Å²) in [5.41, 5.74) is 3.05. The third-order valence-corrected chi connectivity index (χ3v) is 4.29.